The van der Waals surface area contributed by atoms with Crippen molar-refractivity contribution >= 4 is 44.2 Å². The van der Waals surface area contributed by atoms with Crippen molar-refractivity contribution in [1.82, 2.24) is 20.1 Å². The van der Waals surface area contributed by atoms with Gasteiger partial charge in [-0.05, 0) is 48.9 Å². The fourth-order valence-corrected chi connectivity index (χ4v) is 4.19. The van der Waals surface area contributed by atoms with Crippen molar-refractivity contribution in [3.05, 3.63) is 70.5 Å². The summed E-state index contributed by atoms with van der Waals surface area (Å²) >= 11 is 7.30. The van der Waals surface area contributed by atoms with E-state index in [0.717, 1.165) is 26.5 Å². The van der Waals surface area contributed by atoms with E-state index in [-0.39, 0.29) is 18.1 Å². The van der Waals surface area contributed by atoms with Crippen LogP contribution in [0.3, 0.4) is 0 Å². The van der Waals surface area contributed by atoms with Crippen LogP contribution in [0.25, 0.3) is 15.9 Å². The number of nitrogens with zero attached hydrogens (tertiary/aromatic N) is 3. The Bertz CT molecular complexity index is 1300. The Kier molecular flexibility index (Phi) is 5.83. The smallest absolute Gasteiger partial charge is 0.375 e. The van der Waals surface area contributed by atoms with Gasteiger partial charge in [0.15, 0.2) is 10.8 Å². The molecule has 166 valence electrons. The Hall–Kier alpha value is -3.11. The molecule has 0 aliphatic carbocycles. The SMILES string of the molecule is CC(C(=O)NCc1cc(C(F)(F)F)nn1-c1cccc(Cl)c1)c1ccc2nc(N)sc2c1. The molecular formula is C21H17ClF3N5OS. The zero-order chi connectivity index (χ0) is 23.0. The maximum atomic E-state index is 13.3. The number of alkyl halides is 3. The number of rotatable bonds is 5. The highest BCUT2D eigenvalue weighted by atomic mass is 35.5. The van der Waals surface area contributed by atoms with Crippen molar-refractivity contribution in [2.24, 2.45) is 0 Å². The van der Waals surface area contributed by atoms with E-state index in [1.54, 1.807) is 37.3 Å². The second-order valence-corrected chi connectivity index (χ2v) is 8.63. The van der Waals surface area contributed by atoms with Crippen LogP contribution in [0.2, 0.25) is 5.02 Å². The van der Waals surface area contributed by atoms with Crippen molar-refractivity contribution in [3.8, 4) is 5.69 Å². The summed E-state index contributed by atoms with van der Waals surface area (Å²) in [4.78, 5) is 16.9. The number of thiazole rings is 1. The lowest BCUT2D eigenvalue weighted by atomic mass is 10.0. The van der Waals surface area contributed by atoms with E-state index in [9.17, 15) is 18.0 Å². The molecular weight excluding hydrogens is 463 g/mol. The van der Waals surface area contributed by atoms with Crippen LogP contribution >= 0.6 is 22.9 Å². The molecule has 0 spiro atoms. The minimum Gasteiger partial charge on any atom is -0.375 e. The summed E-state index contributed by atoms with van der Waals surface area (Å²) in [5, 5.41) is 7.17. The van der Waals surface area contributed by atoms with Gasteiger partial charge in [0, 0.05) is 5.02 Å². The molecule has 0 saturated heterocycles. The van der Waals surface area contributed by atoms with Gasteiger partial charge in [0.1, 0.15) is 0 Å². The van der Waals surface area contributed by atoms with Crippen LogP contribution in [0.4, 0.5) is 18.3 Å². The molecule has 0 bridgehead atoms. The van der Waals surface area contributed by atoms with Gasteiger partial charge in [0.05, 0.1) is 34.1 Å². The molecule has 1 atom stereocenters. The number of fused-ring (bicyclic) bond motifs is 1. The number of nitrogens with one attached hydrogen (secondary N) is 1. The molecule has 0 aliphatic rings. The number of benzene rings is 2. The lowest BCUT2D eigenvalue weighted by Crippen LogP contribution is -2.28. The summed E-state index contributed by atoms with van der Waals surface area (Å²) < 4.78 is 41.7. The van der Waals surface area contributed by atoms with Crippen LogP contribution in [-0.2, 0) is 17.5 Å². The van der Waals surface area contributed by atoms with Gasteiger partial charge in [0.25, 0.3) is 0 Å². The normalized spacial score (nSPS) is 12.8. The molecule has 0 fully saturated rings. The monoisotopic (exact) mass is 479 g/mol. The molecule has 1 unspecified atom stereocenters. The van der Waals surface area contributed by atoms with Crippen LogP contribution in [-0.4, -0.2) is 20.7 Å². The maximum absolute atomic E-state index is 13.3. The zero-order valence-corrected chi connectivity index (χ0v) is 18.2. The number of nitrogens with two attached hydrogens (primary N) is 1. The van der Waals surface area contributed by atoms with Gasteiger partial charge in [-0.3, -0.25) is 4.79 Å². The lowest BCUT2D eigenvalue weighted by molar-refractivity contribution is -0.141. The standard InChI is InChI=1S/C21H17ClF3N5OS/c1-11(12-5-6-16-17(7-12)32-20(26)28-16)19(31)27-10-15-9-18(21(23,24)25)29-30(15)14-4-2-3-13(22)8-14/h2-9,11H,10H2,1H3,(H2,26,28)(H,27,31). The average Bonchev–Trinajstić information content (AvgIpc) is 3.33. The van der Waals surface area contributed by atoms with E-state index in [1.807, 2.05) is 6.07 Å². The third-order valence-corrected chi connectivity index (χ3v) is 5.97. The van der Waals surface area contributed by atoms with Crippen LogP contribution < -0.4 is 11.1 Å². The van der Waals surface area contributed by atoms with E-state index in [2.05, 4.69) is 15.4 Å². The summed E-state index contributed by atoms with van der Waals surface area (Å²) in [6, 6.07) is 12.6. The van der Waals surface area contributed by atoms with Gasteiger partial charge in [-0.1, -0.05) is 35.1 Å². The number of aromatic nitrogens is 3. The first-order valence-corrected chi connectivity index (χ1v) is 10.7. The summed E-state index contributed by atoms with van der Waals surface area (Å²) in [7, 11) is 0. The first-order valence-electron chi connectivity index (χ1n) is 9.47. The van der Waals surface area contributed by atoms with Crippen molar-refractivity contribution in [2.75, 3.05) is 5.73 Å². The number of amides is 1. The number of anilines is 1. The predicted molar refractivity (Wildman–Crippen MR) is 118 cm³/mol. The van der Waals surface area contributed by atoms with Crippen LogP contribution in [0.1, 0.15) is 29.8 Å². The number of hydrogen-bond acceptors (Lipinski definition) is 5. The van der Waals surface area contributed by atoms with Crippen LogP contribution in [0, 0.1) is 0 Å². The van der Waals surface area contributed by atoms with Crippen molar-refractivity contribution in [3.63, 3.8) is 0 Å². The topological polar surface area (TPSA) is 85.8 Å². The molecule has 0 aliphatic heterocycles. The zero-order valence-electron chi connectivity index (χ0n) is 16.7. The molecule has 4 rings (SSSR count). The average molecular weight is 480 g/mol. The van der Waals surface area contributed by atoms with Gasteiger partial charge in [0.2, 0.25) is 5.91 Å². The molecule has 1 amide bonds. The largest absolute Gasteiger partial charge is 0.435 e. The Balaban J connectivity index is 1.56. The first kappa shape index (κ1) is 22.1. The minimum absolute atomic E-state index is 0.144. The number of halogens is 4. The Morgan fingerprint density at radius 2 is 2.03 bits per heavy atom. The molecule has 2 aromatic carbocycles. The number of carbonyl (C=O) groups is 1. The van der Waals surface area contributed by atoms with E-state index >= 15 is 0 Å². The Morgan fingerprint density at radius 3 is 2.75 bits per heavy atom. The molecule has 2 heterocycles. The number of nitrogen functional groups attached to an aromatic ring is 1. The van der Waals surface area contributed by atoms with Crippen LogP contribution in [0.15, 0.2) is 48.5 Å². The van der Waals surface area contributed by atoms with Gasteiger partial charge in [-0.2, -0.15) is 18.3 Å². The third kappa shape index (κ3) is 4.56. The molecule has 32 heavy (non-hydrogen) atoms. The van der Waals surface area contributed by atoms with Gasteiger partial charge in [-0.15, -0.1) is 0 Å². The summed E-state index contributed by atoms with van der Waals surface area (Å²) in [6.45, 7) is 1.57. The lowest BCUT2D eigenvalue weighted by Gasteiger charge is -2.13. The van der Waals surface area contributed by atoms with Gasteiger partial charge < -0.3 is 11.1 Å². The highest BCUT2D eigenvalue weighted by Crippen LogP contribution is 2.30. The molecule has 6 nitrogen and oxygen atoms in total. The van der Waals surface area contributed by atoms with Gasteiger partial charge in [-0.25, -0.2) is 9.67 Å². The van der Waals surface area contributed by atoms with E-state index in [4.69, 9.17) is 17.3 Å². The van der Waals surface area contributed by atoms with E-state index in [0.29, 0.717) is 15.8 Å². The van der Waals surface area contributed by atoms with Crippen molar-refractivity contribution in [1.29, 1.82) is 0 Å². The van der Waals surface area contributed by atoms with E-state index in [1.165, 1.54) is 17.4 Å². The first-order chi connectivity index (χ1) is 15.1. The van der Waals surface area contributed by atoms with Gasteiger partial charge >= 0.3 is 6.18 Å². The maximum Gasteiger partial charge on any atom is 0.435 e. The molecule has 4 aromatic rings. The fraction of sp³-hybridized carbons (Fsp3) is 0.190. The Labute approximate surface area is 189 Å². The highest BCUT2D eigenvalue weighted by molar-refractivity contribution is 7.22. The summed E-state index contributed by atoms with van der Waals surface area (Å²) in [5.74, 6) is -0.874. The fourth-order valence-electron chi connectivity index (χ4n) is 3.23. The number of carbonyl (C=O) groups excluding carboxylic acids is 1. The van der Waals surface area contributed by atoms with Crippen molar-refractivity contribution < 1.29 is 18.0 Å². The quantitative estimate of drug-likeness (QED) is 0.414. The Morgan fingerprint density at radius 1 is 1.25 bits per heavy atom. The molecule has 11 heteroatoms. The third-order valence-electron chi connectivity index (χ3n) is 4.89. The molecule has 0 radical (unpaired) electrons. The summed E-state index contributed by atoms with van der Waals surface area (Å²) in [6.07, 6.45) is -4.62. The minimum atomic E-state index is -4.62. The number of hydrogen-bond donors (Lipinski definition) is 2. The highest BCUT2D eigenvalue weighted by Gasteiger charge is 2.35. The second-order valence-electron chi connectivity index (χ2n) is 7.13. The van der Waals surface area contributed by atoms with Crippen molar-refractivity contribution in [2.45, 2.75) is 25.6 Å². The summed E-state index contributed by atoms with van der Waals surface area (Å²) in [5.41, 5.74) is 6.70. The molecule has 3 N–H and O–H groups in total. The predicted octanol–water partition coefficient (Wildman–Crippen LogP) is 5.16. The molecule has 0 saturated carbocycles. The van der Waals surface area contributed by atoms with E-state index < -0.39 is 17.8 Å². The van der Waals surface area contributed by atoms with Crippen LogP contribution in [0.5, 0.6) is 0 Å². The molecule has 2 aromatic heterocycles. The second kappa shape index (κ2) is 8.44.